The highest BCUT2D eigenvalue weighted by atomic mass is 32.2. The molecule has 0 heterocycles. The number of carbonyl (C=O) groups is 1. The average molecular weight is 305 g/mol. The first-order valence-corrected chi connectivity index (χ1v) is 7.31. The van der Waals surface area contributed by atoms with Crippen molar-refractivity contribution in [2.75, 3.05) is 20.3 Å². The topological polar surface area (TPSA) is 95.7 Å². The minimum absolute atomic E-state index is 0.0608. The van der Waals surface area contributed by atoms with E-state index in [2.05, 4.69) is 0 Å². The Balaban J connectivity index is 3.01. The van der Waals surface area contributed by atoms with Crippen molar-refractivity contribution in [3.63, 3.8) is 0 Å². The Kier molecular flexibility index (Phi) is 5.61. The van der Waals surface area contributed by atoms with Gasteiger partial charge in [-0.15, -0.1) is 0 Å². The van der Waals surface area contributed by atoms with Crippen molar-refractivity contribution in [2.24, 2.45) is 5.14 Å². The van der Waals surface area contributed by atoms with Crippen molar-refractivity contribution in [2.45, 2.75) is 18.2 Å². The van der Waals surface area contributed by atoms with Gasteiger partial charge >= 0.3 is 5.97 Å². The van der Waals surface area contributed by atoms with Crippen molar-refractivity contribution in [3.05, 3.63) is 29.1 Å². The summed E-state index contributed by atoms with van der Waals surface area (Å²) < 4.78 is 45.7. The van der Waals surface area contributed by atoms with Crippen LogP contribution in [-0.2, 0) is 19.5 Å². The van der Waals surface area contributed by atoms with Crippen molar-refractivity contribution in [1.29, 1.82) is 0 Å². The molecular formula is C12H16FNO5S. The normalized spacial score (nSPS) is 11.4. The van der Waals surface area contributed by atoms with Crippen molar-refractivity contribution < 1.29 is 27.1 Å². The van der Waals surface area contributed by atoms with Crippen LogP contribution in [0.1, 0.15) is 22.3 Å². The SMILES string of the molecule is COCCCOC(=O)c1cc(F)cc(S(N)(=O)=O)c1C. The van der Waals surface area contributed by atoms with Gasteiger partial charge in [-0.3, -0.25) is 0 Å². The molecule has 0 bridgehead atoms. The summed E-state index contributed by atoms with van der Waals surface area (Å²) in [5, 5.41) is 4.97. The molecule has 1 aromatic rings. The number of ether oxygens (including phenoxy) is 2. The molecule has 2 N–H and O–H groups in total. The Morgan fingerprint density at radius 1 is 1.35 bits per heavy atom. The fraction of sp³-hybridized carbons (Fsp3) is 0.417. The number of carbonyl (C=O) groups excluding carboxylic acids is 1. The van der Waals surface area contributed by atoms with Crippen LogP contribution < -0.4 is 5.14 Å². The van der Waals surface area contributed by atoms with Gasteiger partial charge in [-0.25, -0.2) is 22.7 Å². The molecule has 0 unspecified atom stereocenters. The third kappa shape index (κ3) is 4.26. The molecule has 0 saturated carbocycles. The van der Waals surface area contributed by atoms with Gasteiger partial charge in [0.1, 0.15) is 5.82 Å². The molecule has 0 amide bonds. The number of hydrogen-bond acceptors (Lipinski definition) is 5. The molecule has 0 aromatic heterocycles. The van der Waals surface area contributed by atoms with Gasteiger partial charge in [0.2, 0.25) is 10.0 Å². The van der Waals surface area contributed by atoms with Crippen LogP contribution in [0.15, 0.2) is 17.0 Å². The maximum Gasteiger partial charge on any atom is 0.338 e. The molecule has 0 aliphatic carbocycles. The summed E-state index contributed by atoms with van der Waals surface area (Å²) in [4.78, 5) is 11.4. The number of benzene rings is 1. The Labute approximate surface area is 116 Å². The van der Waals surface area contributed by atoms with E-state index in [-0.39, 0.29) is 17.7 Å². The zero-order valence-corrected chi connectivity index (χ0v) is 12.0. The lowest BCUT2D eigenvalue weighted by Crippen LogP contribution is -2.17. The third-order valence-electron chi connectivity index (χ3n) is 2.58. The number of sulfonamides is 1. The van der Waals surface area contributed by atoms with E-state index < -0.39 is 26.7 Å². The molecule has 8 heteroatoms. The Hall–Kier alpha value is -1.51. The summed E-state index contributed by atoms with van der Waals surface area (Å²) in [6.45, 7) is 1.87. The van der Waals surface area contributed by atoms with Gasteiger partial charge < -0.3 is 9.47 Å². The summed E-state index contributed by atoms with van der Waals surface area (Å²) in [5.41, 5.74) is -0.0999. The first-order chi connectivity index (χ1) is 9.27. The number of halogens is 1. The Morgan fingerprint density at radius 3 is 2.55 bits per heavy atom. The summed E-state index contributed by atoms with van der Waals surface area (Å²) in [7, 11) is -2.60. The van der Waals surface area contributed by atoms with Crippen molar-refractivity contribution >= 4 is 16.0 Å². The van der Waals surface area contributed by atoms with Gasteiger partial charge in [0, 0.05) is 20.1 Å². The predicted molar refractivity (Wildman–Crippen MR) is 69.3 cm³/mol. The number of rotatable bonds is 6. The van der Waals surface area contributed by atoms with Gasteiger partial charge in [-0.1, -0.05) is 0 Å². The maximum absolute atomic E-state index is 13.4. The minimum atomic E-state index is -4.11. The second-order valence-corrected chi connectivity index (χ2v) is 5.63. The van der Waals surface area contributed by atoms with E-state index in [0.717, 1.165) is 12.1 Å². The third-order valence-corrected chi connectivity index (χ3v) is 3.61. The van der Waals surface area contributed by atoms with Crippen LogP contribution in [0.4, 0.5) is 4.39 Å². The van der Waals surface area contributed by atoms with Crippen molar-refractivity contribution in [1.82, 2.24) is 0 Å². The second kappa shape index (κ2) is 6.78. The smallest absolute Gasteiger partial charge is 0.338 e. The molecule has 0 spiro atoms. The summed E-state index contributed by atoms with van der Waals surface area (Å²) >= 11 is 0. The van der Waals surface area contributed by atoms with E-state index in [4.69, 9.17) is 14.6 Å². The Morgan fingerprint density at radius 2 is 2.00 bits per heavy atom. The van der Waals surface area contributed by atoms with Crippen LogP contribution in [0.2, 0.25) is 0 Å². The van der Waals surface area contributed by atoms with Gasteiger partial charge in [0.15, 0.2) is 0 Å². The molecule has 0 aliphatic heterocycles. The van der Waals surface area contributed by atoms with Gasteiger partial charge in [0.05, 0.1) is 17.1 Å². The number of esters is 1. The summed E-state index contributed by atoms with van der Waals surface area (Å²) in [5.74, 6) is -1.67. The largest absolute Gasteiger partial charge is 0.462 e. The number of primary sulfonamides is 1. The predicted octanol–water partition coefficient (Wildman–Crippen LogP) is 0.975. The van der Waals surface area contributed by atoms with Gasteiger partial charge in [-0.2, -0.15) is 0 Å². The summed E-state index contributed by atoms with van der Waals surface area (Å²) in [6, 6.07) is 1.69. The molecule has 0 saturated heterocycles. The van der Waals surface area contributed by atoms with Crippen LogP contribution in [0.5, 0.6) is 0 Å². The first-order valence-electron chi connectivity index (χ1n) is 5.76. The van der Waals surface area contributed by atoms with E-state index in [9.17, 15) is 17.6 Å². The molecule has 6 nitrogen and oxygen atoms in total. The highest BCUT2D eigenvalue weighted by Crippen LogP contribution is 2.20. The van der Waals surface area contributed by atoms with E-state index in [0.29, 0.717) is 13.0 Å². The lowest BCUT2D eigenvalue weighted by atomic mass is 10.1. The van der Waals surface area contributed by atoms with Crippen LogP contribution in [-0.4, -0.2) is 34.7 Å². The molecule has 20 heavy (non-hydrogen) atoms. The van der Waals surface area contributed by atoms with Crippen LogP contribution >= 0.6 is 0 Å². The summed E-state index contributed by atoms with van der Waals surface area (Å²) in [6.07, 6.45) is 0.485. The van der Waals surface area contributed by atoms with Crippen molar-refractivity contribution in [3.8, 4) is 0 Å². The monoisotopic (exact) mass is 305 g/mol. The molecule has 0 atom stereocenters. The molecule has 0 fully saturated rings. The molecular weight excluding hydrogens is 289 g/mol. The number of nitrogens with two attached hydrogens (primary N) is 1. The van der Waals surface area contributed by atoms with E-state index >= 15 is 0 Å². The molecule has 112 valence electrons. The average Bonchev–Trinajstić information content (AvgIpc) is 2.35. The molecule has 1 rings (SSSR count). The molecule has 0 radical (unpaired) electrons. The number of methoxy groups -OCH3 is 1. The molecule has 0 aliphatic rings. The van der Waals surface area contributed by atoms with Gasteiger partial charge in [0.25, 0.3) is 0 Å². The highest BCUT2D eigenvalue weighted by Gasteiger charge is 2.20. The van der Waals surface area contributed by atoms with Crippen LogP contribution in [0.3, 0.4) is 0 Å². The minimum Gasteiger partial charge on any atom is -0.462 e. The lowest BCUT2D eigenvalue weighted by molar-refractivity contribution is 0.0466. The zero-order valence-electron chi connectivity index (χ0n) is 11.2. The van der Waals surface area contributed by atoms with E-state index in [1.165, 1.54) is 14.0 Å². The standard InChI is InChI=1S/C12H16FNO5S/c1-8-10(12(15)19-5-3-4-18-2)6-9(13)7-11(8)20(14,16)17/h6-7H,3-5H2,1-2H3,(H2,14,16,17). The second-order valence-electron chi connectivity index (χ2n) is 4.10. The molecule has 1 aromatic carbocycles. The maximum atomic E-state index is 13.4. The van der Waals surface area contributed by atoms with Crippen LogP contribution in [0.25, 0.3) is 0 Å². The highest BCUT2D eigenvalue weighted by molar-refractivity contribution is 7.89. The first kappa shape index (κ1) is 16.5. The Bertz CT molecular complexity index is 600. The fourth-order valence-corrected chi connectivity index (χ4v) is 2.42. The quantitative estimate of drug-likeness (QED) is 0.624. The fourth-order valence-electron chi connectivity index (χ4n) is 1.61. The van der Waals surface area contributed by atoms with E-state index in [1.54, 1.807) is 0 Å². The lowest BCUT2D eigenvalue weighted by Gasteiger charge is -2.10. The van der Waals surface area contributed by atoms with Gasteiger partial charge in [-0.05, 0) is 24.6 Å². The number of hydrogen-bond donors (Lipinski definition) is 1. The van der Waals surface area contributed by atoms with E-state index in [1.807, 2.05) is 0 Å². The van der Waals surface area contributed by atoms with Crippen LogP contribution in [0, 0.1) is 12.7 Å². The zero-order chi connectivity index (χ0) is 15.3.